The minimum absolute atomic E-state index is 0.0905. The number of carbonyl (C=O) groups is 1. The van der Waals surface area contributed by atoms with Crippen LogP contribution in [0.4, 0.5) is 13.2 Å². The summed E-state index contributed by atoms with van der Waals surface area (Å²) in [5.74, 6) is -1.62. The fraction of sp³-hybridized carbons (Fsp3) is 0.964. The zero-order chi connectivity index (χ0) is 23.9. The highest BCUT2D eigenvalue weighted by atomic mass is 19.4. The molecule has 0 atom stereocenters. The molecular weight excluding hydrogens is 409 g/mol. The Hall–Kier alpha value is -0.540. The van der Waals surface area contributed by atoms with E-state index in [2.05, 4.69) is 13.8 Å². The largest absolute Gasteiger partial charge is 0.449 e. The van der Waals surface area contributed by atoms with Crippen molar-refractivity contribution >= 4 is 5.78 Å². The van der Waals surface area contributed by atoms with Crippen LogP contribution in [-0.2, 0) is 4.79 Å². The molecule has 192 valence electrons. The predicted molar refractivity (Wildman–Crippen MR) is 132 cm³/mol. The highest BCUT2D eigenvalue weighted by Gasteiger charge is 2.38. The molecule has 0 saturated carbocycles. The van der Waals surface area contributed by atoms with Crippen LogP contribution in [-0.4, -0.2) is 12.0 Å². The Morgan fingerprint density at radius 3 is 1.09 bits per heavy atom. The zero-order valence-electron chi connectivity index (χ0n) is 21.4. The van der Waals surface area contributed by atoms with Gasteiger partial charge in [0.15, 0.2) is 0 Å². The smallest absolute Gasteiger partial charge is 0.290 e. The third kappa shape index (κ3) is 21.3. The summed E-state index contributed by atoms with van der Waals surface area (Å²) in [6.45, 7) is 4.46. The molecule has 0 radical (unpaired) electrons. The first-order valence-corrected chi connectivity index (χ1v) is 14.0. The number of unbranched alkanes of at least 4 members (excludes halogenated alkanes) is 18. The van der Waals surface area contributed by atoms with Crippen molar-refractivity contribution in [3.05, 3.63) is 0 Å². The number of rotatable bonds is 24. The first-order chi connectivity index (χ1) is 15.4. The standard InChI is InChI=1S/C28H53F3O/c1-3-5-7-9-11-13-15-17-19-21-23-26(25-27(32)28(29,30)31)24-22-20-18-16-14-12-10-8-6-4-2/h26H,3-25H2,1-2H3. The molecule has 0 N–H and O–H groups in total. The summed E-state index contributed by atoms with van der Waals surface area (Å²) in [6, 6.07) is 0. The van der Waals surface area contributed by atoms with Gasteiger partial charge in [0.25, 0.3) is 0 Å². The van der Waals surface area contributed by atoms with Gasteiger partial charge in [-0.2, -0.15) is 13.2 Å². The van der Waals surface area contributed by atoms with E-state index in [0.29, 0.717) is 0 Å². The molecule has 0 bridgehead atoms. The Bertz CT molecular complexity index is 382. The van der Waals surface area contributed by atoms with Gasteiger partial charge in [-0.05, 0) is 5.92 Å². The molecule has 0 heterocycles. The summed E-state index contributed by atoms with van der Waals surface area (Å²) < 4.78 is 38.2. The molecule has 0 spiro atoms. The number of carbonyl (C=O) groups excluding carboxylic acids is 1. The number of halogens is 3. The molecule has 0 aliphatic heterocycles. The molecule has 0 aromatic heterocycles. The minimum Gasteiger partial charge on any atom is -0.290 e. The molecule has 0 saturated heterocycles. The van der Waals surface area contributed by atoms with Crippen LogP contribution in [0.15, 0.2) is 0 Å². The number of alkyl halides is 3. The van der Waals surface area contributed by atoms with Crippen molar-refractivity contribution in [2.45, 2.75) is 168 Å². The Balaban J connectivity index is 3.93. The van der Waals surface area contributed by atoms with Crippen LogP contribution in [0.25, 0.3) is 0 Å². The summed E-state index contributed by atoms with van der Waals surface area (Å²) in [7, 11) is 0. The molecule has 32 heavy (non-hydrogen) atoms. The highest BCUT2D eigenvalue weighted by molar-refractivity contribution is 5.84. The first kappa shape index (κ1) is 31.5. The van der Waals surface area contributed by atoms with Crippen LogP contribution >= 0.6 is 0 Å². The van der Waals surface area contributed by atoms with Crippen molar-refractivity contribution in [3.63, 3.8) is 0 Å². The van der Waals surface area contributed by atoms with E-state index in [1.807, 2.05) is 0 Å². The highest BCUT2D eigenvalue weighted by Crippen LogP contribution is 2.27. The fourth-order valence-corrected chi connectivity index (χ4v) is 4.57. The van der Waals surface area contributed by atoms with Gasteiger partial charge in [-0.15, -0.1) is 0 Å². The second-order valence-corrected chi connectivity index (χ2v) is 9.93. The summed E-state index contributed by atoms with van der Waals surface area (Å²) in [6.07, 6.45) is 21.2. The van der Waals surface area contributed by atoms with Crippen molar-refractivity contribution in [2.75, 3.05) is 0 Å². The molecule has 0 fully saturated rings. The monoisotopic (exact) mass is 462 g/mol. The molecular formula is C28H53F3O. The molecule has 0 aromatic carbocycles. The van der Waals surface area contributed by atoms with Crippen LogP contribution in [0.2, 0.25) is 0 Å². The van der Waals surface area contributed by atoms with Gasteiger partial charge in [-0.3, -0.25) is 4.79 Å². The van der Waals surface area contributed by atoms with E-state index in [4.69, 9.17) is 0 Å². The number of hydrogen-bond donors (Lipinski definition) is 0. The lowest BCUT2D eigenvalue weighted by Crippen LogP contribution is -2.25. The van der Waals surface area contributed by atoms with Gasteiger partial charge >= 0.3 is 6.18 Å². The molecule has 0 aliphatic carbocycles. The lowest BCUT2D eigenvalue weighted by atomic mass is 9.90. The number of ketones is 1. The lowest BCUT2D eigenvalue weighted by Gasteiger charge is -2.17. The van der Waals surface area contributed by atoms with Gasteiger partial charge in [-0.1, -0.05) is 155 Å². The Kier molecular flexibility index (Phi) is 21.9. The molecule has 1 nitrogen and oxygen atoms in total. The number of Topliss-reactive ketones (excluding diaryl/α,β-unsaturated/α-hetero) is 1. The quantitative estimate of drug-likeness (QED) is 0.130. The van der Waals surface area contributed by atoms with Gasteiger partial charge in [-0.25, -0.2) is 0 Å². The Labute approximate surface area is 197 Å². The number of hydrogen-bond acceptors (Lipinski definition) is 1. The topological polar surface area (TPSA) is 17.1 Å². The second-order valence-electron chi connectivity index (χ2n) is 9.93. The maximum atomic E-state index is 12.7. The summed E-state index contributed by atoms with van der Waals surface area (Å²) in [5.41, 5.74) is 0. The zero-order valence-corrected chi connectivity index (χ0v) is 21.4. The first-order valence-electron chi connectivity index (χ1n) is 14.0. The van der Waals surface area contributed by atoms with Crippen molar-refractivity contribution in [3.8, 4) is 0 Å². The van der Waals surface area contributed by atoms with Gasteiger partial charge in [0.1, 0.15) is 0 Å². The SMILES string of the molecule is CCCCCCCCCCCCC(CCCCCCCCCCCC)CC(=O)C(F)(F)F. The van der Waals surface area contributed by atoms with Gasteiger partial charge in [0.05, 0.1) is 0 Å². The van der Waals surface area contributed by atoms with E-state index < -0.39 is 12.0 Å². The van der Waals surface area contributed by atoms with E-state index in [1.54, 1.807) is 0 Å². The van der Waals surface area contributed by atoms with Crippen molar-refractivity contribution < 1.29 is 18.0 Å². The molecule has 0 aliphatic rings. The van der Waals surface area contributed by atoms with E-state index in [9.17, 15) is 18.0 Å². The van der Waals surface area contributed by atoms with Crippen molar-refractivity contribution in [1.29, 1.82) is 0 Å². The van der Waals surface area contributed by atoms with Crippen LogP contribution in [0.1, 0.15) is 162 Å². The van der Waals surface area contributed by atoms with E-state index in [-0.39, 0.29) is 12.3 Å². The Morgan fingerprint density at radius 1 is 0.531 bits per heavy atom. The van der Waals surface area contributed by atoms with E-state index in [1.165, 1.54) is 103 Å². The van der Waals surface area contributed by atoms with Gasteiger partial charge in [0.2, 0.25) is 5.78 Å². The third-order valence-corrected chi connectivity index (χ3v) is 6.72. The second kappa shape index (κ2) is 22.3. The molecule has 0 unspecified atom stereocenters. The average Bonchev–Trinajstić information content (AvgIpc) is 2.75. The van der Waals surface area contributed by atoms with Crippen molar-refractivity contribution in [2.24, 2.45) is 5.92 Å². The van der Waals surface area contributed by atoms with E-state index >= 15 is 0 Å². The lowest BCUT2D eigenvalue weighted by molar-refractivity contribution is -0.172. The molecule has 0 rings (SSSR count). The van der Waals surface area contributed by atoms with Crippen LogP contribution in [0.3, 0.4) is 0 Å². The maximum absolute atomic E-state index is 12.7. The third-order valence-electron chi connectivity index (χ3n) is 6.72. The van der Waals surface area contributed by atoms with Gasteiger partial charge in [0, 0.05) is 6.42 Å². The van der Waals surface area contributed by atoms with Crippen LogP contribution in [0.5, 0.6) is 0 Å². The van der Waals surface area contributed by atoms with E-state index in [0.717, 1.165) is 38.5 Å². The fourth-order valence-electron chi connectivity index (χ4n) is 4.57. The summed E-state index contributed by atoms with van der Waals surface area (Å²) in [4.78, 5) is 11.5. The van der Waals surface area contributed by atoms with Crippen LogP contribution < -0.4 is 0 Å². The molecule has 0 amide bonds. The van der Waals surface area contributed by atoms with Gasteiger partial charge < -0.3 is 0 Å². The summed E-state index contributed by atoms with van der Waals surface area (Å²) in [5, 5.41) is 0. The predicted octanol–water partition coefficient (Wildman–Crippen LogP) is 10.7. The maximum Gasteiger partial charge on any atom is 0.449 e. The van der Waals surface area contributed by atoms with Crippen molar-refractivity contribution in [1.82, 2.24) is 0 Å². The molecule has 4 heteroatoms. The minimum atomic E-state index is -4.67. The normalized spacial score (nSPS) is 12.1. The average molecular weight is 463 g/mol. The summed E-state index contributed by atoms with van der Waals surface area (Å²) >= 11 is 0. The van der Waals surface area contributed by atoms with Crippen LogP contribution in [0, 0.1) is 5.92 Å². The molecule has 0 aromatic rings. The Morgan fingerprint density at radius 2 is 0.812 bits per heavy atom.